The van der Waals surface area contributed by atoms with Crippen LogP contribution in [0.1, 0.15) is 18.4 Å². The highest BCUT2D eigenvalue weighted by atomic mass is 32.1. The number of benzene rings is 1. The summed E-state index contributed by atoms with van der Waals surface area (Å²) in [6.07, 6.45) is -2.64. The van der Waals surface area contributed by atoms with E-state index >= 15 is 0 Å². The average Bonchev–Trinajstić information content (AvgIpc) is 2.97. The summed E-state index contributed by atoms with van der Waals surface area (Å²) in [4.78, 5) is 15.6. The van der Waals surface area contributed by atoms with Crippen LogP contribution < -0.4 is 9.77 Å². The number of rotatable bonds is 6. The number of alkyl halides is 3. The zero-order valence-corrected chi connectivity index (χ0v) is 15.6. The Bertz CT molecular complexity index is 811. The molecule has 0 radical (unpaired) electrons. The molecule has 2 heterocycles. The Kier molecular flexibility index (Phi) is 6.11. The van der Waals surface area contributed by atoms with E-state index in [4.69, 9.17) is 0 Å². The molecular weight excluding hydrogens is 379 g/mol. The predicted molar refractivity (Wildman–Crippen MR) is 99.6 cm³/mol. The fraction of sp³-hybridized carbons (Fsp3) is 0.500. The molecule has 1 fully saturated rings. The first-order chi connectivity index (χ1) is 12.8. The van der Waals surface area contributed by atoms with E-state index in [0.717, 1.165) is 49.9 Å². The highest BCUT2D eigenvalue weighted by Crippen LogP contribution is 2.31. The van der Waals surface area contributed by atoms with E-state index in [2.05, 4.69) is 4.90 Å². The van der Waals surface area contributed by atoms with Crippen LogP contribution in [0.4, 0.5) is 18.9 Å². The quantitative estimate of drug-likeness (QED) is 0.755. The number of aromatic hydroxyl groups is 1. The molecule has 1 aliphatic rings. The molecule has 1 N–H and O–H groups in total. The Labute approximate surface area is 159 Å². The first kappa shape index (κ1) is 19.8. The normalized spacial score (nSPS) is 16.0. The van der Waals surface area contributed by atoms with Gasteiger partial charge in [-0.2, -0.15) is 13.2 Å². The molecule has 0 spiro atoms. The topological polar surface area (TPSA) is 48.7 Å². The van der Waals surface area contributed by atoms with Crippen LogP contribution in [0, 0.1) is 0 Å². The zero-order chi connectivity index (χ0) is 19.4. The smallest absolute Gasteiger partial charge is 0.416 e. The molecule has 0 bridgehead atoms. The number of anilines is 1. The summed E-state index contributed by atoms with van der Waals surface area (Å²) in [5.41, 5.74) is -0.00821. The lowest BCUT2D eigenvalue weighted by Crippen LogP contribution is -2.46. The van der Waals surface area contributed by atoms with Gasteiger partial charge in [-0.05, 0) is 37.6 Å². The molecule has 0 aliphatic carbocycles. The number of halogens is 3. The zero-order valence-electron chi connectivity index (χ0n) is 14.8. The minimum absolute atomic E-state index is 0.0136. The third-order valence-electron chi connectivity index (χ3n) is 4.78. The lowest BCUT2D eigenvalue weighted by molar-refractivity contribution is -0.137. The van der Waals surface area contributed by atoms with Crippen molar-refractivity contribution < 1.29 is 18.3 Å². The summed E-state index contributed by atoms with van der Waals surface area (Å²) >= 11 is 0.989. The molecule has 0 atom stereocenters. The molecule has 0 saturated carbocycles. The summed E-state index contributed by atoms with van der Waals surface area (Å²) in [5, 5.41) is 11.0. The molecule has 1 aromatic heterocycles. The van der Waals surface area contributed by atoms with Gasteiger partial charge in [-0.15, -0.1) is 0 Å². The highest BCUT2D eigenvalue weighted by Gasteiger charge is 2.31. The van der Waals surface area contributed by atoms with Crippen molar-refractivity contribution >= 4 is 17.0 Å². The van der Waals surface area contributed by atoms with Gasteiger partial charge in [0.1, 0.15) is 0 Å². The fourth-order valence-electron chi connectivity index (χ4n) is 3.24. The van der Waals surface area contributed by atoms with E-state index in [0.29, 0.717) is 25.3 Å². The van der Waals surface area contributed by atoms with E-state index in [9.17, 15) is 23.1 Å². The van der Waals surface area contributed by atoms with Crippen LogP contribution in [0.5, 0.6) is 5.88 Å². The molecule has 0 amide bonds. The average molecular weight is 401 g/mol. The van der Waals surface area contributed by atoms with Crippen LogP contribution in [0.25, 0.3) is 0 Å². The minimum Gasteiger partial charge on any atom is -0.494 e. The second-order valence-electron chi connectivity index (χ2n) is 6.60. The number of piperazine rings is 1. The number of thiazole rings is 1. The summed E-state index contributed by atoms with van der Waals surface area (Å²) in [5.74, 6) is 0.0136. The van der Waals surface area contributed by atoms with Crippen molar-refractivity contribution in [3.63, 3.8) is 0 Å². The molecular formula is C18H22F3N3O2S. The summed E-state index contributed by atoms with van der Waals surface area (Å²) in [7, 11) is 0. The Morgan fingerprint density at radius 1 is 1.07 bits per heavy atom. The lowest BCUT2D eigenvalue weighted by atomic mass is 10.1. The van der Waals surface area contributed by atoms with Crippen LogP contribution >= 0.6 is 11.3 Å². The van der Waals surface area contributed by atoms with Gasteiger partial charge in [0.15, 0.2) is 0 Å². The standard InChI is InChI=1S/C18H22F3N3O2S/c19-18(20,21)14-4-3-5-15(12-14)23-10-8-22(9-11-23)6-1-2-7-24-16(25)13-27-17(24)26/h3-5,12-13,25H,1-2,6-11H2. The molecule has 148 valence electrons. The maximum absolute atomic E-state index is 12.9. The van der Waals surface area contributed by atoms with Gasteiger partial charge in [-0.1, -0.05) is 17.4 Å². The largest absolute Gasteiger partial charge is 0.494 e. The van der Waals surface area contributed by atoms with E-state index in [1.54, 1.807) is 6.07 Å². The van der Waals surface area contributed by atoms with E-state index < -0.39 is 11.7 Å². The maximum atomic E-state index is 12.9. The predicted octanol–water partition coefficient (Wildman–Crippen LogP) is 3.24. The van der Waals surface area contributed by atoms with Crippen LogP contribution in [-0.4, -0.2) is 47.3 Å². The van der Waals surface area contributed by atoms with Gasteiger partial charge >= 0.3 is 11.0 Å². The first-order valence-corrected chi connectivity index (χ1v) is 9.74. The highest BCUT2D eigenvalue weighted by molar-refractivity contribution is 7.07. The molecule has 0 unspecified atom stereocenters. The number of aromatic nitrogens is 1. The molecule has 2 aromatic rings. The maximum Gasteiger partial charge on any atom is 0.416 e. The summed E-state index contributed by atoms with van der Waals surface area (Å²) in [6, 6.07) is 5.47. The van der Waals surface area contributed by atoms with E-state index in [1.807, 2.05) is 4.90 Å². The van der Waals surface area contributed by atoms with Gasteiger partial charge in [-0.3, -0.25) is 14.3 Å². The Hall–Kier alpha value is -2.00. The first-order valence-electron chi connectivity index (χ1n) is 8.86. The molecule has 27 heavy (non-hydrogen) atoms. The third kappa shape index (κ3) is 5.04. The van der Waals surface area contributed by atoms with Crippen LogP contribution in [0.3, 0.4) is 0 Å². The molecule has 9 heteroatoms. The molecule has 1 saturated heterocycles. The van der Waals surface area contributed by atoms with Crippen molar-refractivity contribution in [2.24, 2.45) is 0 Å². The molecule has 5 nitrogen and oxygen atoms in total. The van der Waals surface area contributed by atoms with Gasteiger partial charge in [0.05, 0.1) is 10.9 Å². The van der Waals surface area contributed by atoms with Crippen LogP contribution in [0.15, 0.2) is 34.4 Å². The van der Waals surface area contributed by atoms with Crippen LogP contribution in [0.2, 0.25) is 0 Å². The Morgan fingerprint density at radius 2 is 1.78 bits per heavy atom. The Balaban J connectivity index is 1.43. The van der Waals surface area contributed by atoms with Crippen LogP contribution in [-0.2, 0) is 12.7 Å². The fourth-order valence-corrected chi connectivity index (χ4v) is 3.89. The van der Waals surface area contributed by atoms with Gasteiger partial charge in [0.2, 0.25) is 5.88 Å². The van der Waals surface area contributed by atoms with Crippen molar-refractivity contribution in [3.05, 3.63) is 44.9 Å². The number of unbranched alkanes of at least 4 members (excludes halogenated alkanes) is 1. The van der Waals surface area contributed by atoms with Crippen molar-refractivity contribution in [1.29, 1.82) is 0 Å². The van der Waals surface area contributed by atoms with E-state index in [1.165, 1.54) is 22.1 Å². The van der Waals surface area contributed by atoms with Crippen molar-refractivity contribution in [1.82, 2.24) is 9.47 Å². The third-order valence-corrected chi connectivity index (χ3v) is 5.53. The second kappa shape index (κ2) is 8.35. The van der Waals surface area contributed by atoms with Gasteiger partial charge in [0.25, 0.3) is 0 Å². The monoisotopic (exact) mass is 401 g/mol. The van der Waals surface area contributed by atoms with Crippen molar-refractivity contribution in [2.45, 2.75) is 25.6 Å². The minimum atomic E-state index is -4.32. The molecule has 1 aromatic carbocycles. The van der Waals surface area contributed by atoms with Gasteiger partial charge < -0.3 is 10.0 Å². The summed E-state index contributed by atoms with van der Waals surface area (Å²) < 4.78 is 39.9. The lowest BCUT2D eigenvalue weighted by Gasteiger charge is -2.36. The number of nitrogens with zero attached hydrogens (tertiary/aromatic N) is 3. The van der Waals surface area contributed by atoms with Gasteiger partial charge in [0, 0.05) is 38.4 Å². The van der Waals surface area contributed by atoms with Crippen molar-refractivity contribution in [2.75, 3.05) is 37.6 Å². The molecule has 3 rings (SSSR count). The van der Waals surface area contributed by atoms with Gasteiger partial charge in [-0.25, -0.2) is 0 Å². The Morgan fingerprint density at radius 3 is 2.41 bits per heavy atom. The number of hydrogen-bond donors (Lipinski definition) is 1. The SMILES string of the molecule is O=c1scc(O)n1CCCCN1CCN(c2cccc(C(F)(F)F)c2)CC1. The second-order valence-corrected chi connectivity index (χ2v) is 7.42. The molecule has 1 aliphatic heterocycles. The number of hydrogen-bond acceptors (Lipinski definition) is 5. The summed E-state index contributed by atoms with van der Waals surface area (Å²) in [6.45, 7) is 4.33. The van der Waals surface area contributed by atoms with Crippen molar-refractivity contribution in [3.8, 4) is 5.88 Å². The van der Waals surface area contributed by atoms with E-state index in [-0.39, 0.29) is 10.8 Å².